The fourth-order valence-electron chi connectivity index (χ4n) is 3.91. The van der Waals surface area contributed by atoms with Crippen LogP contribution < -0.4 is 4.74 Å². The molecule has 1 saturated heterocycles. The van der Waals surface area contributed by atoms with E-state index in [2.05, 4.69) is 0 Å². The number of hydrogen-bond donors (Lipinski definition) is 0. The van der Waals surface area contributed by atoms with Crippen LogP contribution in [0, 0.1) is 0 Å². The summed E-state index contributed by atoms with van der Waals surface area (Å²) in [6.07, 6.45) is 0.628. The molecule has 1 aliphatic rings. The number of hydrogen-bond acceptors (Lipinski definition) is 6. The van der Waals surface area contributed by atoms with Crippen LogP contribution in [0.1, 0.15) is 43.1 Å². The first kappa shape index (κ1) is 26.1. The van der Waals surface area contributed by atoms with Crippen molar-refractivity contribution in [1.29, 1.82) is 0 Å². The fraction of sp³-hybridized carbons (Fsp3) is 0.444. The first-order valence-electron chi connectivity index (χ1n) is 11.7. The fourth-order valence-corrected chi connectivity index (χ4v) is 3.91. The maximum atomic E-state index is 12.8. The largest absolute Gasteiger partial charge is 0.496 e. The van der Waals surface area contributed by atoms with Gasteiger partial charge in [-0.1, -0.05) is 24.3 Å². The predicted molar refractivity (Wildman–Crippen MR) is 132 cm³/mol. The van der Waals surface area contributed by atoms with Crippen LogP contribution in [0.4, 0.5) is 4.79 Å². The molecule has 0 aromatic heterocycles. The van der Waals surface area contributed by atoms with Gasteiger partial charge in [0, 0.05) is 38.2 Å². The highest BCUT2D eigenvalue weighted by molar-refractivity contribution is 5.90. The van der Waals surface area contributed by atoms with E-state index in [1.165, 1.54) is 7.11 Å². The Bertz CT molecular complexity index is 1050. The molecule has 0 radical (unpaired) electrons. The van der Waals surface area contributed by atoms with E-state index in [9.17, 15) is 14.4 Å². The lowest BCUT2D eigenvalue weighted by atomic mass is 9.99. The molecule has 2 aromatic carbocycles. The number of carbonyl (C=O) groups excluding carboxylic acids is 3. The van der Waals surface area contributed by atoms with E-state index in [0.29, 0.717) is 50.3 Å². The monoisotopic (exact) mass is 482 g/mol. The van der Waals surface area contributed by atoms with Crippen molar-refractivity contribution >= 4 is 18.0 Å². The van der Waals surface area contributed by atoms with E-state index in [4.69, 9.17) is 14.2 Å². The zero-order valence-electron chi connectivity index (χ0n) is 21.1. The topological polar surface area (TPSA) is 85.4 Å². The third-order valence-corrected chi connectivity index (χ3v) is 5.79. The van der Waals surface area contributed by atoms with Gasteiger partial charge in [0.1, 0.15) is 11.4 Å². The minimum atomic E-state index is -0.535. The number of nitrogens with zero attached hydrogens (tertiary/aromatic N) is 2. The molecule has 0 atom stereocenters. The van der Waals surface area contributed by atoms with E-state index in [-0.39, 0.29) is 18.0 Å². The van der Waals surface area contributed by atoms with E-state index in [0.717, 1.165) is 16.7 Å². The molecule has 1 heterocycles. The Morgan fingerprint density at radius 3 is 2.09 bits per heavy atom. The SMILES string of the molecule is COC(=O)c1ccc(-c2ccc(CCC(=O)N3CCN(C(=O)OC(C)(C)C)CC3)cc2OC)cc1. The van der Waals surface area contributed by atoms with Crippen LogP contribution in [0.3, 0.4) is 0 Å². The summed E-state index contributed by atoms with van der Waals surface area (Å²) in [5, 5.41) is 0. The van der Waals surface area contributed by atoms with E-state index >= 15 is 0 Å². The summed E-state index contributed by atoms with van der Waals surface area (Å²) in [4.78, 5) is 40.1. The lowest BCUT2D eigenvalue weighted by molar-refractivity contribution is -0.132. The number of aryl methyl sites for hydroxylation is 1. The molecule has 0 spiro atoms. The molecule has 35 heavy (non-hydrogen) atoms. The maximum Gasteiger partial charge on any atom is 0.410 e. The normalized spacial score (nSPS) is 13.9. The summed E-state index contributed by atoms with van der Waals surface area (Å²) >= 11 is 0. The van der Waals surface area contributed by atoms with Gasteiger partial charge in [0.2, 0.25) is 5.91 Å². The molecule has 8 nitrogen and oxygen atoms in total. The molecular formula is C27H34N2O6. The number of rotatable bonds is 6. The lowest BCUT2D eigenvalue weighted by Gasteiger charge is -2.35. The minimum Gasteiger partial charge on any atom is -0.496 e. The van der Waals surface area contributed by atoms with Crippen LogP contribution >= 0.6 is 0 Å². The number of carbonyl (C=O) groups is 3. The van der Waals surface area contributed by atoms with Crippen LogP contribution in [0.25, 0.3) is 11.1 Å². The van der Waals surface area contributed by atoms with Crippen molar-refractivity contribution in [3.63, 3.8) is 0 Å². The summed E-state index contributed by atoms with van der Waals surface area (Å²) < 4.78 is 15.8. The van der Waals surface area contributed by atoms with Gasteiger partial charge in [-0.3, -0.25) is 4.79 Å². The van der Waals surface area contributed by atoms with Crippen molar-refractivity contribution in [2.75, 3.05) is 40.4 Å². The van der Waals surface area contributed by atoms with Gasteiger partial charge in [0.25, 0.3) is 0 Å². The highest BCUT2D eigenvalue weighted by Crippen LogP contribution is 2.31. The second-order valence-corrected chi connectivity index (χ2v) is 9.45. The van der Waals surface area contributed by atoms with Gasteiger partial charge < -0.3 is 24.0 Å². The van der Waals surface area contributed by atoms with E-state index in [1.54, 1.807) is 29.0 Å². The Labute approximate surface area is 206 Å². The Balaban J connectivity index is 1.56. The van der Waals surface area contributed by atoms with Crippen LogP contribution in [-0.2, 0) is 20.7 Å². The lowest BCUT2D eigenvalue weighted by Crippen LogP contribution is -2.51. The summed E-state index contributed by atoms with van der Waals surface area (Å²) in [7, 11) is 2.97. The standard InChI is InChI=1S/C27H34N2O6/c1-27(2,3)35-26(32)29-16-14-28(15-17-29)24(30)13-7-19-6-12-22(23(18-19)33-4)20-8-10-21(11-9-20)25(31)34-5/h6,8-12,18H,7,13-17H2,1-5H3. The molecule has 8 heteroatoms. The molecule has 2 aromatic rings. The van der Waals surface area contributed by atoms with Gasteiger partial charge in [-0.15, -0.1) is 0 Å². The molecule has 0 unspecified atom stereocenters. The van der Waals surface area contributed by atoms with Gasteiger partial charge >= 0.3 is 12.1 Å². The van der Waals surface area contributed by atoms with Gasteiger partial charge in [-0.2, -0.15) is 0 Å². The number of benzene rings is 2. The van der Waals surface area contributed by atoms with Gasteiger partial charge in [-0.25, -0.2) is 9.59 Å². The Morgan fingerprint density at radius 1 is 0.886 bits per heavy atom. The zero-order valence-corrected chi connectivity index (χ0v) is 21.1. The summed E-state index contributed by atoms with van der Waals surface area (Å²) in [5.41, 5.74) is 2.76. The third-order valence-electron chi connectivity index (χ3n) is 5.79. The number of esters is 1. The highest BCUT2D eigenvalue weighted by Gasteiger charge is 2.27. The number of ether oxygens (including phenoxy) is 3. The van der Waals surface area contributed by atoms with Crippen LogP contribution in [0.15, 0.2) is 42.5 Å². The van der Waals surface area contributed by atoms with Crippen molar-refractivity contribution in [2.24, 2.45) is 0 Å². The molecule has 3 rings (SSSR count). The molecule has 1 aliphatic heterocycles. The first-order valence-corrected chi connectivity index (χ1v) is 11.7. The Morgan fingerprint density at radius 2 is 1.51 bits per heavy atom. The summed E-state index contributed by atoms with van der Waals surface area (Å²) in [6.45, 7) is 7.46. The minimum absolute atomic E-state index is 0.0651. The smallest absolute Gasteiger partial charge is 0.410 e. The average molecular weight is 483 g/mol. The van der Waals surface area contributed by atoms with Crippen molar-refractivity contribution in [3.8, 4) is 16.9 Å². The number of amides is 2. The predicted octanol–water partition coefficient (Wildman–Crippen LogP) is 4.16. The van der Waals surface area contributed by atoms with Crippen LogP contribution in [0.2, 0.25) is 0 Å². The molecule has 188 valence electrons. The second-order valence-electron chi connectivity index (χ2n) is 9.45. The Hall–Kier alpha value is -3.55. The van der Waals surface area contributed by atoms with Gasteiger partial charge in [0.05, 0.1) is 19.8 Å². The Kier molecular flexibility index (Phi) is 8.38. The van der Waals surface area contributed by atoms with Gasteiger partial charge in [-0.05, 0) is 56.5 Å². The molecule has 0 N–H and O–H groups in total. The van der Waals surface area contributed by atoms with Crippen LogP contribution in [-0.4, -0.2) is 73.8 Å². The molecule has 0 bridgehead atoms. The average Bonchev–Trinajstić information content (AvgIpc) is 2.85. The molecule has 0 saturated carbocycles. The second kappa shape index (κ2) is 11.3. The molecule has 1 fully saturated rings. The number of methoxy groups -OCH3 is 2. The molecular weight excluding hydrogens is 448 g/mol. The summed E-state index contributed by atoms with van der Waals surface area (Å²) in [5.74, 6) is 0.386. The van der Waals surface area contributed by atoms with Crippen molar-refractivity contribution in [1.82, 2.24) is 9.80 Å². The van der Waals surface area contributed by atoms with Crippen molar-refractivity contribution < 1.29 is 28.6 Å². The maximum absolute atomic E-state index is 12.8. The highest BCUT2D eigenvalue weighted by atomic mass is 16.6. The van der Waals surface area contributed by atoms with E-state index in [1.807, 2.05) is 51.1 Å². The van der Waals surface area contributed by atoms with Crippen molar-refractivity contribution in [2.45, 2.75) is 39.2 Å². The molecule has 0 aliphatic carbocycles. The third kappa shape index (κ3) is 6.97. The van der Waals surface area contributed by atoms with E-state index < -0.39 is 5.60 Å². The van der Waals surface area contributed by atoms with Crippen LogP contribution in [0.5, 0.6) is 5.75 Å². The quantitative estimate of drug-likeness (QED) is 0.575. The zero-order chi connectivity index (χ0) is 25.6. The van der Waals surface area contributed by atoms with Gasteiger partial charge in [0.15, 0.2) is 0 Å². The molecule has 2 amide bonds. The number of piperazine rings is 1. The summed E-state index contributed by atoms with van der Waals surface area (Å²) in [6, 6.07) is 13.0. The van der Waals surface area contributed by atoms with Crippen molar-refractivity contribution in [3.05, 3.63) is 53.6 Å². The first-order chi connectivity index (χ1) is 16.6.